The lowest BCUT2D eigenvalue weighted by atomic mass is 10.0. The molecule has 0 radical (unpaired) electrons. The van der Waals surface area contributed by atoms with Gasteiger partial charge in [-0.05, 0) is 34.0 Å². The fourth-order valence-corrected chi connectivity index (χ4v) is 3.70. The molecule has 0 aliphatic heterocycles. The van der Waals surface area contributed by atoms with Crippen LogP contribution in [0.1, 0.15) is 0 Å². The van der Waals surface area contributed by atoms with Gasteiger partial charge in [-0.1, -0.05) is 90.5 Å². The monoisotopic (exact) mass is 354 g/mol. The van der Waals surface area contributed by atoms with Gasteiger partial charge in [0.25, 0.3) is 0 Å². The number of benzene rings is 4. The van der Waals surface area contributed by atoms with Gasteiger partial charge in [0.1, 0.15) is 5.76 Å². The summed E-state index contributed by atoms with van der Waals surface area (Å²) in [4.78, 5) is 0. The van der Waals surface area contributed by atoms with E-state index in [1.807, 2.05) is 24.3 Å². The highest BCUT2D eigenvalue weighted by Crippen LogP contribution is 2.37. The van der Waals surface area contributed by atoms with Crippen LogP contribution in [0.15, 0.2) is 95.4 Å². The molecular formula is C24H15ClO. The first-order valence-corrected chi connectivity index (χ1v) is 8.94. The van der Waals surface area contributed by atoms with Crippen LogP contribution in [0.3, 0.4) is 0 Å². The van der Waals surface area contributed by atoms with Crippen LogP contribution in [-0.2, 0) is 0 Å². The van der Waals surface area contributed by atoms with Crippen molar-refractivity contribution in [2.45, 2.75) is 0 Å². The zero-order valence-corrected chi connectivity index (χ0v) is 14.7. The smallest absolute Gasteiger partial charge is 0.154 e. The summed E-state index contributed by atoms with van der Waals surface area (Å²) < 4.78 is 6.11. The Morgan fingerprint density at radius 3 is 2.04 bits per heavy atom. The largest absolute Gasteiger partial charge is 0.454 e. The van der Waals surface area contributed by atoms with Crippen LogP contribution in [-0.4, -0.2) is 0 Å². The van der Waals surface area contributed by atoms with Gasteiger partial charge in [0, 0.05) is 10.9 Å². The number of hydrogen-bond acceptors (Lipinski definition) is 1. The molecule has 0 atom stereocenters. The third kappa shape index (κ3) is 2.49. The second-order valence-electron chi connectivity index (χ2n) is 6.38. The summed E-state index contributed by atoms with van der Waals surface area (Å²) in [6, 6.07) is 31.1. The Morgan fingerprint density at radius 2 is 1.23 bits per heavy atom. The summed E-state index contributed by atoms with van der Waals surface area (Å²) >= 11 is 6.45. The molecule has 0 saturated heterocycles. The molecule has 0 saturated carbocycles. The molecule has 1 nitrogen and oxygen atoms in total. The average molecular weight is 355 g/mol. The van der Waals surface area contributed by atoms with Crippen LogP contribution in [0.25, 0.3) is 44.2 Å². The molecule has 0 unspecified atom stereocenters. The fourth-order valence-electron chi connectivity index (χ4n) is 3.44. The average Bonchev–Trinajstić information content (AvgIpc) is 3.15. The Hall–Kier alpha value is -3.03. The molecular weight excluding hydrogens is 340 g/mol. The predicted octanol–water partition coefficient (Wildman–Crippen LogP) is 7.57. The van der Waals surface area contributed by atoms with Crippen molar-refractivity contribution in [1.82, 2.24) is 0 Å². The maximum absolute atomic E-state index is 6.45. The number of fused-ring (bicyclic) bond motifs is 3. The highest BCUT2D eigenvalue weighted by Gasteiger charge is 2.12. The molecule has 1 aromatic heterocycles. The van der Waals surface area contributed by atoms with E-state index in [4.69, 9.17) is 16.0 Å². The molecule has 4 aromatic carbocycles. The molecule has 0 aliphatic rings. The van der Waals surface area contributed by atoms with Crippen LogP contribution < -0.4 is 0 Å². The van der Waals surface area contributed by atoms with Gasteiger partial charge >= 0.3 is 0 Å². The maximum Gasteiger partial charge on any atom is 0.154 e. The number of rotatable bonds is 2. The lowest BCUT2D eigenvalue weighted by Gasteiger charge is -2.02. The zero-order chi connectivity index (χ0) is 17.5. The van der Waals surface area contributed by atoms with Crippen LogP contribution in [0, 0.1) is 0 Å². The number of furan rings is 1. The van der Waals surface area contributed by atoms with Crippen molar-refractivity contribution in [3.63, 3.8) is 0 Å². The third-order valence-corrected chi connectivity index (χ3v) is 5.04. The minimum Gasteiger partial charge on any atom is -0.454 e. The van der Waals surface area contributed by atoms with Crippen molar-refractivity contribution < 1.29 is 4.42 Å². The minimum absolute atomic E-state index is 0.644. The number of hydrogen-bond donors (Lipinski definition) is 0. The topological polar surface area (TPSA) is 13.1 Å². The Bertz CT molecular complexity index is 1220. The van der Waals surface area contributed by atoms with Crippen LogP contribution in [0.4, 0.5) is 0 Å². The molecule has 5 aromatic rings. The Kier molecular flexibility index (Phi) is 3.55. The van der Waals surface area contributed by atoms with E-state index in [0.29, 0.717) is 5.02 Å². The molecule has 124 valence electrons. The van der Waals surface area contributed by atoms with Crippen LogP contribution >= 0.6 is 11.6 Å². The third-order valence-electron chi connectivity index (χ3n) is 4.76. The second kappa shape index (κ2) is 6.05. The first kappa shape index (κ1) is 15.2. The molecule has 1 heterocycles. The quantitative estimate of drug-likeness (QED) is 0.318. The van der Waals surface area contributed by atoms with Gasteiger partial charge in [-0.25, -0.2) is 0 Å². The van der Waals surface area contributed by atoms with E-state index in [-0.39, 0.29) is 0 Å². The van der Waals surface area contributed by atoms with E-state index in [1.54, 1.807) is 0 Å². The molecule has 0 aliphatic carbocycles. The van der Waals surface area contributed by atoms with E-state index in [9.17, 15) is 0 Å². The van der Waals surface area contributed by atoms with Gasteiger partial charge in [-0.15, -0.1) is 0 Å². The lowest BCUT2D eigenvalue weighted by molar-refractivity contribution is 0.632. The van der Waals surface area contributed by atoms with Gasteiger partial charge in [0.2, 0.25) is 0 Å². The van der Waals surface area contributed by atoms with Crippen molar-refractivity contribution in [2.24, 2.45) is 0 Å². The van der Waals surface area contributed by atoms with Gasteiger partial charge < -0.3 is 4.42 Å². The van der Waals surface area contributed by atoms with E-state index in [1.165, 1.54) is 11.1 Å². The molecule has 26 heavy (non-hydrogen) atoms. The molecule has 0 fully saturated rings. The molecule has 2 heteroatoms. The van der Waals surface area contributed by atoms with Crippen molar-refractivity contribution in [3.05, 3.63) is 96.0 Å². The summed E-state index contributed by atoms with van der Waals surface area (Å²) in [6.45, 7) is 0. The first-order chi connectivity index (χ1) is 12.8. The lowest BCUT2D eigenvalue weighted by Crippen LogP contribution is -1.78. The predicted molar refractivity (Wildman–Crippen MR) is 110 cm³/mol. The minimum atomic E-state index is 0.644. The Labute approximate surface area is 156 Å². The van der Waals surface area contributed by atoms with Gasteiger partial charge in [0.05, 0.1) is 5.02 Å². The van der Waals surface area contributed by atoms with E-state index >= 15 is 0 Å². The van der Waals surface area contributed by atoms with Crippen LogP contribution in [0.2, 0.25) is 5.02 Å². The first-order valence-electron chi connectivity index (χ1n) is 8.56. The highest BCUT2D eigenvalue weighted by molar-refractivity contribution is 6.36. The maximum atomic E-state index is 6.45. The normalized spacial score (nSPS) is 11.3. The molecule has 0 N–H and O–H groups in total. The highest BCUT2D eigenvalue weighted by atomic mass is 35.5. The van der Waals surface area contributed by atoms with E-state index < -0.39 is 0 Å². The van der Waals surface area contributed by atoms with Crippen molar-refractivity contribution in [2.75, 3.05) is 0 Å². The summed E-state index contributed by atoms with van der Waals surface area (Å²) in [5.74, 6) is 0.831. The van der Waals surface area contributed by atoms with Gasteiger partial charge in [0.15, 0.2) is 5.58 Å². The summed E-state index contributed by atoms with van der Waals surface area (Å²) in [6.07, 6.45) is 0. The standard InChI is InChI=1S/C24H15ClO/c25-22-14-19-8-4-5-9-20(19)21-15-23(26-24(21)22)18-12-10-17(11-13-18)16-6-2-1-3-7-16/h1-15H. The zero-order valence-electron chi connectivity index (χ0n) is 13.9. The van der Waals surface area contributed by atoms with Crippen molar-refractivity contribution >= 4 is 33.3 Å². The van der Waals surface area contributed by atoms with Gasteiger partial charge in [-0.3, -0.25) is 0 Å². The molecule has 0 spiro atoms. The summed E-state index contributed by atoms with van der Waals surface area (Å²) in [5, 5.41) is 3.97. The van der Waals surface area contributed by atoms with E-state index in [0.717, 1.165) is 33.1 Å². The Balaban J connectivity index is 1.63. The van der Waals surface area contributed by atoms with Gasteiger partial charge in [-0.2, -0.15) is 0 Å². The molecule has 0 bridgehead atoms. The molecule has 5 rings (SSSR count). The number of halogens is 1. The Morgan fingerprint density at radius 1 is 0.577 bits per heavy atom. The van der Waals surface area contributed by atoms with Crippen molar-refractivity contribution in [1.29, 1.82) is 0 Å². The summed E-state index contributed by atoms with van der Waals surface area (Å²) in [7, 11) is 0. The van der Waals surface area contributed by atoms with Crippen LogP contribution in [0.5, 0.6) is 0 Å². The SMILES string of the molecule is Clc1cc2ccccc2c2cc(-c3ccc(-c4ccccc4)cc3)oc12. The van der Waals surface area contributed by atoms with Crippen molar-refractivity contribution in [3.8, 4) is 22.5 Å². The molecule has 0 amide bonds. The second-order valence-corrected chi connectivity index (χ2v) is 6.78. The summed E-state index contributed by atoms with van der Waals surface area (Å²) in [5.41, 5.74) is 4.18. The van der Waals surface area contributed by atoms with E-state index in [2.05, 4.69) is 66.7 Å². The fraction of sp³-hybridized carbons (Fsp3) is 0.